The first kappa shape index (κ1) is 29.5. The molecule has 3 heterocycles. The number of hydrogen-bond donors (Lipinski definition) is 0. The van der Waals surface area contributed by atoms with Gasteiger partial charge in [0, 0.05) is 55.6 Å². The monoisotopic (exact) mass is 589 g/mol. The normalized spacial score (nSPS) is 23.4. The van der Waals surface area contributed by atoms with Crippen LogP contribution in [-0.2, 0) is 20.4 Å². The summed E-state index contributed by atoms with van der Waals surface area (Å²) in [6, 6.07) is 16.2. The van der Waals surface area contributed by atoms with Gasteiger partial charge in [-0.2, -0.15) is 4.58 Å². The maximum atomic E-state index is 13.6. The van der Waals surface area contributed by atoms with Gasteiger partial charge in [-0.1, -0.05) is 62.4 Å². The summed E-state index contributed by atoms with van der Waals surface area (Å²) in [5, 5.41) is 0. The molecule has 226 valence electrons. The first-order valence-electron chi connectivity index (χ1n) is 15.2. The summed E-state index contributed by atoms with van der Waals surface area (Å²) in [5.74, 6) is -2.04. The summed E-state index contributed by atoms with van der Waals surface area (Å²) in [6.45, 7) is 8.88. The Morgan fingerprint density at radius 3 is 2.00 bits per heavy atom. The Balaban J connectivity index is 1.47. The first-order chi connectivity index (χ1) is 20.8. The van der Waals surface area contributed by atoms with Crippen LogP contribution in [0.25, 0.3) is 0 Å². The lowest BCUT2D eigenvalue weighted by Crippen LogP contribution is -2.57. The summed E-state index contributed by atoms with van der Waals surface area (Å²) >= 11 is 0. The number of benzene rings is 2. The topological polar surface area (TPSA) is 63.9 Å². The van der Waals surface area contributed by atoms with Crippen molar-refractivity contribution in [2.75, 3.05) is 33.1 Å². The van der Waals surface area contributed by atoms with Gasteiger partial charge in [-0.05, 0) is 61.1 Å². The van der Waals surface area contributed by atoms with Crippen LogP contribution in [-0.4, -0.2) is 66.1 Å². The molecule has 7 heteroatoms. The Morgan fingerprint density at radius 1 is 0.750 bits per heavy atom. The molecule has 2 aromatic rings. The molecule has 0 saturated carbocycles. The second kappa shape index (κ2) is 10.3. The number of urea groups is 1. The third kappa shape index (κ3) is 4.24. The quantitative estimate of drug-likeness (QED) is 0.313. The molecule has 0 bridgehead atoms. The van der Waals surface area contributed by atoms with Gasteiger partial charge in [-0.25, -0.2) is 4.79 Å². The maximum Gasteiger partial charge on any atom is 0.332 e. The number of hydrogen-bond acceptors (Lipinski definition) is 4. The number of nitrogens with zero attached hydrogens (tertiary/aromatic N) is 4. The van der Waals surface area contributed by atoms with Crippen molar-refractivity contribution in [3.8, 4) is 0 Å². The van der Waals surface area contributed by atoms with E-state index in [2.05, 4.69) is 124 Å². The second-order valence-corrected chi connectivity index (χ2v) is 13.3. The van der Waals surface area contributed by atoms with Crippen LogP contribution in [0, 0.1) is 5.92 Å². The van der Waals surface area contributed by atoms with Gasteiger partial charge < -0.3 is 4.90 Å². The molecule has 0 unspecified atom stereocenters. The summed E-state index contributed by atoms with van der Waals surface area (Å²) in [5.41, 5.74) is 9.36. The maximum absolute atomic E-state index is 13.6. The fourth-order valence-corrected chi connectivity index (χ4v) is 7.58. The Labute approximate surface area is 260 Å². The number of barbiturate groups is 1. The Morgan fingerprint density at radius 2 is 1.36 bits per heavy atom. The largest absolute Gasteiger partial charge is 0.347 e. The molecule has 6 rings (SSSR count). The van der Waals surface area contributed by atoms with Crippen LogP contribution in [0.15, 0.2) is 95.3 Å². The minimum absolute atomic E-state index is 0.207. The number of likely N-dealkylation sites (N-methyl/N-ethyl adjacent to an activating group) is 1. The smallest absolute Gasteiger partial charge is 0.332 e. The lowest BCUT2D eigenvalue weighted by molar-refractivity contribution is -0.401. The van der Waals surface area contributed by atoms with Crippen molar-refractivity contribution in [1.29, 1.82) is 0 Å². The van der Waals surface area contributed by atoms with E-state index in [1.807, 2.05) is 0 Å². The molecule has 0 N–H and O–H groups in total. The van der Waals surface area contributed by atoms with Crippen molar-refractivity contribution in [3.63, 3.8) is 0 Å². The number of carbonyl (C=O) groups excluding carboxylic acids is 3. The lowest BCUT2D eigenvalue weighted by atomic mass is 9.81. The zero-order valence-electron chi connectivity index (χ0n) is 26.9. The van der Waals surface area contributed by atoms with E-state index in [9.17, 15) is 14.4 Å². The summed E-state index contributed by atoms with van der Waals surface area (Å²) in [6.07, 6.45) is 9.84. The van der Waals surface area contributed by atoms with Crippen LogP contribution >= 0.6 is 0 Å². The third-order valence-electron chi connectivity index (χ3n) is 10.1. The molecule has 4 amide bonds. The fraction of sp³-hybridized carbons (Fsp3) is 0.351. The molecule has 4 aliphatic rings. The van der Waals surface area contributed by atoms with Crippen LogP contribution < -0.4 is 4.90 Å². The van der Waals surface area contributed by atoms with Gasteiger partial charge in [0.25, 0.3) is 0 Å². The van der Waals surface area contributed by atoms with E-state index >= 15 is 0 Å². The van der Waals surface area contributed by atoms with Gasteiger partial charge in [0.15, 0.2) is 5.71 Å². The molecular formula is C37H41N4O3+. The predicted octanol–water partition coefficient (Wildman–Crippen LogP) is 6.24. The molecule has 0 radical (unpaired) electrons. The van der Waals surface area contributed by atoms with Crippen molar-refractivity contribution in [2.24, 2.45) is 5.92 Å². The number of allylic oxidation sites excluding steroid dienone is 7. The van der Waals surface area contributed by atoms with Gasteiger partial charge in [-0.3, -0.25) is 19.4 Å². The molecule has 2 aromatic carbocycles. The third-order valence-corrected chi connectivity index (χ3v) is 10.1. The van der Waals surface area contributed by atoms with E-state index in [0.717, 1.165) is 32.4 Å². The zero-order chi connectivity index (χ0) is 31.7. The number of carbonyl (C=O) groups is 3. The number of amides is 4. The highest BCUT2D eigenvalue weighted by Crippen LogP contribution is 2.47. The summed E-state index contributed by atoms with van der Waals surface area (Å²) < 4.78 is 2.22. The van der Waals surface area contributed by atoms with Crippen LogP contribution in [0.1, 0.15) is 51.7 Å². The van der Waals surface area contributed by atoms with Crippen molar-refractivity contribution in [3.05, 3.63) is 106 Å². The number of para-hydroxylation sites is 2. The van der Waals surface area contributed by atoms with E-state index < -0.39 is 23.8 Å². The SMILES string of the molecule is CN1C(=O)C(C2=C(/C=C/C3=[N+](C)c4ccccc4C3(C)C)CC/C2=C\C=C2\N(C)c3ccccc3C2(C)C)C(=O)N(C)C1=O. The molecule has 1 fully saturated rings. The molecule has 3 aliphatic heterocycles. The predicted molar refractivity (Wildman–Crippen MR) is 174 cm³/mol. The first-order valence-corrected chi connectivity index (χ1v) is 15.2. The standard InChI is InChI=1S/C37H41N4O3/c1-36(2)25-13-9-11-15-27(25)38(5)29(36)21-19-23-17-18-24(31(23)32-33(42)40(7)35(44)41(8)34(32)43)20-22-30-37(3,4)26-14-10-12-16-28(26)39(30)6/h9-16,19-22,32H,17-18H2,1-8H3/q+1. The van der Waals surface area contributed by atoms with Gasteiger partial charge in [-0.15, -0.1) is 0 Å². The van der Waals surface area contributed by atoms with Crippen LogP contribution in [0.2, 0.25) is 0 Å². The fourth-order valence-electron chi connectivity index (χ4n) is 7.58. The van der Waals surface area contributed by atoms with Crippen LogP contribution in [0.4, 0.5) is 16.2 Å². The van der Waals surface area contributed by atoms with Gasteiger partial charge in [0.2, 0.25) is 17.5 Å². The molecule has 0 atom stereocenters. The van der Waals surface area contributed by atoms with Gasteiger partial charge >= 0.3 is 6.03 Å². The lowest BCUT2D eigenvalue weighted by Gasteiger charge is -2.34. The summed E-state index contributed by atoms with van der Waals surface area (Å²) in [4.78, 5) is 44.3. The number of imide groups is 2. The highest BCUT2D eigenvalue weighted by molar-refractivity contribution is 6.18. The number of anilines is 1. The van der Waals surface area contributed by atoms with Crippen LogP contribution in [0.3, 0.4) is 0 Å². The average molecular weight is 590 g/mol. The summed E-state index contributed by atoms with van der Waals surface area (Å²) in [7, 11) is 7.06. The molecule has 1 saturated heterocycles. The van der Waals surface area contributed by atoms with Gasteiger partial charge in [0.05, 0.1) is 5.41 Å². The zero-order valence-corrected chi connectivity index (χ0v) is 26.9. The molecule has 7 nitrogen and oxygen atoms in total. The van der Waals surface area contributed by atoms with Crippen LogP contribution in [0.5, 0.6) is 0 Å². The van der Waals surface area contributed by atoms with Gasteiger partial charge in [0.1, 0.15) is 13.0 Å². The highest BCUT2D eigenvalue weighted by Gasteiger charge is 2.47. The van der Waals surface area contributed by atoms with Crippen molar-refractivity contribution < 1.29 is 19.0 Å². The van der Waals surface area contributed by atoms with Crippen molar-refractivity contribution >= 4 is 34.9 Å². The molecular weight excluding hydrogens is 548 g/mol. The van der Waals surface area contributed by atoms with Crippen molar-refractivity contribution in [1.82, 2.24) is 9.80 Å². The minimum Gasteiger partial charge on any atom is -0.347 e. The highest BCUT2D eigenvalue weighted by atomic mass is 16.2. The average Bonchev–Trinajstić information content (AvgIpc) is 3.55. The van der Waals surface area contributed by atoms with E-state index in [4.69, 9.17) is 0 Å². The Hall–Kier alpha value is -4.52. The molecule has 0 aromatic heterocycles. The molecule has 44 heavy (non-hydrogen) atoms. The molecule has 0 spiro atoms. The Kier molecular flexibility index (Phi) is 6.91. The minimum atomic E-state index is -1.07. The Bertz CT molecular complexity index is 1760. The number of rotatable bonds is 4. The second-order valence-electron chi connectivity index (χ2n) is 13.3. The van der Waals surface area contributed by atoms with E-state index in [-0.39, 0.29) is 10.8 Å². The molecule has 1 aliphatic carbocycles. The number of fused-ring (bicyclic) bond motifs is 2. The van der Waals surface area contributed by atoms with E-state index in [1.165, 1.54) is 36.6 Å². The van der Waals surface area contributed by atoms with Crippen molar-refractivity contribution in [2.45, 2.75) is 51.4 Å². The van der Waals surface area contributed by atoms with E-state index in [0.29, 0.717) is 18.4 Å². The van der Waals surface area contributed by atoms with E-state index in [1.54, 1.807) is 0 Å².